The molecule has 0 bridgehead atoms. The Kier molecular flexibility index (Phi) is 9.09. The molecule has 0 heterocycles. The van der Waals surface area contributed by atoms with Crippen molar-refractivity contribution in [2.45, 2.75) is 39.8 Å². The molecule has 26 heavy (non-hydrogen) atoms. The summed E-state index contributed by atoms with van der Waals surface area (Å²) in [5.41, 5.74) is 2.11. The number of amides is 1. The number of carboxylic acids is 1. The zero-order chi connectivity index (χ0) is 19.5. The maximum Gasteiger partial charge on any atom is 0.335 e. The average Bonchev–Trinajstić information content (AvgIpc) is 2.62. The topological polar surface area (TPSA) is 86.6 Å². The first kappa shape index (κ1) is 21.4. The van der Waals surface area contributed by atoms with Crippen molar-refractivity contribution in [3.05, 3.63) is 71.3 Å². The number of hydrogen-bond donors (Lipinski definition) is 3. The van der Waals surface area contributed by atoms with Gasteiger partial charge in [-0.25, -0.2) is 4.79 Å². The summed E-state index contributed by atoms with van der Waals surface area (Å²) in [4.78, 5) is 22.3. The maximum atomic E-state index is 11.6. The quantitative estimate of drug-likeness (QED) is 0.734. The van der Waals surface area contributed by atoms with Crippen molar-refractivity contribution >= 4 is 11.9 Å². The van der Waals surface area contributed by atoms with E-state index in [0.29, 0.717) is 12.3 Å². The minimum absolute atomic E-state index is 0.0137. The lowest BCUT2D eigenvalue weighted by Crippen LogP contribution is -2.27. The van der Waals surface area contributed by atoms with Crippen molar-refractivity contribution in [1.29, 1.82) is 0 Å². The normalized spacial score (nSPS) is 11.3. The van der Waals surface area contributed by atoms with Crippen molar-refractivity contribution in [3.8, 4) is 0 Å². The van der Waals surface area contributed by atoms with E-state index in [9.17, 15) is 9.59 Å². The molecule has 0 saturated heterocycles. The van der Waals surface area contributed by atoms with Crippen molar-refractivity contribution in [3.63, 3.8) is 0 Å². The molecular weight excluding hydrogens is 330 g/mol. The van der Waals surface area contributed by atoms with Crippen molar-refractivity contribution in [2.24, 2.45) is 5.92 Å². The predicted octanol–water partition coefficient (Wildman–Crippen LogP) is 3.79. The van der Waals surface area contributed by atoms with Crippen LogP contribution in [0.3, 0.4) is 0 Å². The molecule has 0 aliphatic heterocycles. The molecule has 2 rings (SSSR count). The third-order valence-corrected chi connectivity index (χ3v) is 3.65. The Morgan fingerprint density at radius 1 is 0.962 bits per heavy atom. The van der Waals surface area contributed by atoms with Gasteiger partial charge in [-0.3, -0.25) is 4.79 Å². The molecule has 5 nitrogen and oxygen atoms in total. The highest BCUT2D eigenvalue weighted by Crippen LogP contribution is 2.14. The van der Waals surface area contributed by atoms with Crippen LogP contribution in [-0.4, -0.2) is 22.1 Å². The van der Waals surface area contributed by atoms with Crippen LogP contribution in [0.4, 0.5) is 0 Å². The highest BCUT2D eigenvalue weighted by Gasteiger charge is 2.11. The van der Waals surface area contributed by atoms with Gasteiger partial charge in [0.25, 0.3) is 0 Å². The van der Waals surface area contributed by atoms with E-state index >= 15 is 0 Å². The van der Waals surface area contributed by atoms with Crippen LogP contribution in [0.25, 0.3) is 0 Å². The molecular formula is C21H27NO4. The van der Waals surface area contributed by atoms with Gasteiger partial charge in [0.1, 0.15) is 0 Å². The van der Waals surface area contributed by atoms with Crippen LogP contribution in [0, 0.1) is 5.92 Å². The summed E-state index contributed by atoms with van der Waals surface area (Å²) < 4.78 is 0. The highest BCUT2D eigenvalue weighted by molar-refractivity contribution is 5.87. The number of carbonyl (C=O) groups is 2. The molecule has 2 aromatic carbocycles. The Hall–Kier alpha value is -2.66. The van der Waals surface area contributed by atoms with Gasteiger partial charge >= 0.3 is 5.97 Å². The second-order valence-corrected chi connectivity index (χ2v) is 6.46. The fourth-order valence-corrected chi connectivity index (χ4v) is 2.25. The first-order valence-electron chi connectivity index (χ1n) is 8.60. The Balaban J connectivity index is 0.000000350. The van der Waals surface area contributed by atoms with Gasteiger partial charge in [-0.15, -0.1) is 0 Å². The zero-order valence-corrected chi connectivity index (χ0v) is 15.5. The van der Waals surface area contributed by atoms with Gasteiger partial charge in [0, 0.05) is 6.42 Å². The molecule has 3 N–H and O–H groups in total. The molecule has 0 spiro atoms. The van der Waals surface area contributed by atoms with Crippen molar-refractivity contribution in [1.82, 2.24) is 5.32 Å². The Labute approximate surface area is 154 Å². The Morgan fingerprint density at radius 2 is 1.54 bits per heavy atom. The molecule has 0 aromatic heterocycles. The lowest BCUT2D eigenvalue weighted by atomic mass is 10.1. The number of aliphatic hydroxyl groups is 1. The van der Waals surface area contributed by atoms with Gasteiger partial charge in [-0.05, 0) is 36.1 Å². The fraction of sp³-hybridized carbons (Fsp3) is 0.333. The molecule has 0 aliphatic carbocycles. The summed E-state index contributed by atoms with van der Waals surface area (Å²) in [6.45, 7) is 6.01. The molecule has 0 fully saturated rings. The summed E-state index contributed by atoms with van der Waals surface area (Å²) >= 11 is 0. The average molecular weight is 357 g/mol. The Morgan fingerprint density at radius 3 is 1.96 bits per heavy atom. The van der Waals surface area contributed by atoms with E-state index < -0.39 is 5.97 Å². The monoisotopic (exact) mass is 357 g/mol. The second-order valence-electron chi connectivity index (χ2n) is 6.46. The van der Waals surface area contributed by atoms with E-state index in [1.54, 1.807) is 24.3 Å². The van der Waals surface area contributed by atoms with Gasteiger partial charge in [0.05, 0.1) is 18.2 Å². The van der Waals surface area contributed by atoms with Crippen LogP contribution in [-0.2, 0) is 11.4 Å². The molecule has 140 valence electrons. The minimum atomic E-state index is -0.946. The predicted molar refractivity (Wildman–Crippen MR) is 102 cm³/mol. The molecule has 1 unspecified atom stereocenters. The van der Waals surface area contributed by atoms with Crippen LogP contribution >= 0.6 is 0 Å². The largest absolute Gasteiger partial charge is 0.478 e. The van der Waals surface area contributed by atoms with Crippen LogP contribution in [0.1, 0.15) is 54.7 Å². The molecule has 0 saturated carbocycles. The van der Waals surface area contributed by atoms with Crippen LogP contribution in [0.15, 0.2) is 54.6 Å². The first-order chi connectivity index (χ1) is 12.3. The first-order valence-corrected chi connectivity index (χ1v) is 8.60. The fourth-order valence-electron chi connectivity index (χ4n) is 2.25. The van der Waals surface area contributed by atoms with E-state index in [-0.39, 0.29) is 24.1 Å². The van der Waals surface area contributed by atoms with Crippen LogP contribution in [0.2, 0.25) is 0 Å². The molecule has 0 radical (unpaired) electrons. The zero-order valence-electron chi connectivity index (χ0n) is 15.5. The van der Waals surface area contributed by atoms with Crippen molar-refractivity contribution in [2.75, 3.05) is 0 Å². The molecule has 1 atom stereocenters. The summed E-state index contributed by atoms with van der Waals surface area (Å²) in [6.07, 6.45) is 0.498. The van der Waals surface area contributed by atoms with E-state index in [4.69, 9.17) is 10.2 Å². The molecule has 1 amide bonds. The summed E-state index contributed by atoms with van der Waals surface area (Å²) in [5, 5.41) is 20.2. The highest BCUT2D eigenvalue weighted by atomic mass is 16.4. The van der Waals surface area contributed by atoms with Crippen LogP contribution in [0.5, 0.6) is 0 Å². The summed E-state index contributed by atoms with van der Waals surface area (Å²) in [5.74, 6) is -0.607. The van der Waals surface area contributed by atoms with Gasteiger partial charge in [0.2, 0.25) is 5.91 Å². The summed E-state index contributed by atoms with van der Waals surface area (Å²) in [6, 6.07) is 16.0. The molecule has 2 aromatic rings. The standard InChI is InChI=1S/C14H19NO3.C7H8O/c1-9(2)8-13(16)15-10(3)11-4-6-12(7-5-11)14(17)18;8-6-7-4-2-1-3-5-7/h4-7,9-10H,8H2,1-3H3,(H,15,16)(H,17,18);1-5,8H,6H2. The SMILES string of the molecule is CC(C)CC(=O)NC(C)c1ccc(C(=O)O)cc1.OCc1ccccc1. The summed E-state index contributed by atoms with van der Waals surface area (Å²) in [7, 11) is 0. The third-order valence-electron chi connectivity index (χ3n) is 3.65. The smallest absolute Gasteiger partial charge is 0.335 e. The van der Waals surface area contributed by atoms with E-state index in [1.165, 1.54) is 0 Å². The number of aliphatic hydroxyl groups excluding tert-OH is 1. The number of benzene rings is 2. The number of rotatable bonds is 6. The van der Waals surface area contributed by atoms with Crippen molar-refractivity contribution < 1.29 is 19.8 Å². The number of hydrogen-bond acceptors (Lipinski definition) is 3. The third kappa shape index (κ3) is 7.94. The van der Waals surface area contributed by atoms with E-state index in [1.807, 2.05) is 51.1 Å². The molecule has 5 heteroatoms. The number of aromatic carboxylic acids is 1. The van der Waals surface area contributed by atoms with Gasteiger partial charge in [0.15, 0.2) is 0 Å². The second kappa shape index (κ2) is 11.1. The lowest BCUT2D eigenvalue weighted by molar-refractivity contribution is -0.122. The molecule has 0 aliphatic rings. The minimum Gasteiger partial charge on any atom is -0.478 e. The van der Waals surface area contributed by atoms with Crippen LogP contribution < -0.4 is 5.32 Å². The van der Waals surface area contributed by atoms with Gasteiger partial charge < -0.3 is 15.5 Å². The van der Waals surface area contributed by atoms with Gasteiger partial charge in [-0.2, -0.15) is 0 Å². The number of nitrogens with one attached hydrogen (secondary N) is 1. The number of carbonyl (C=O) groups excluding carboxylic acids is 1. The lowest BCUT2D eigenvalue weighted by Gasteiger charge is -2.15. The van der Waals surface area contributed by atoms with E-state index in [2.05, 4.69) is 5.32 Å². The van der Waals surface area contributed by atoms with E-state index in [0.717, 1.165) is 11.1 Å². The Bertz CT molecular complexity index is 681. The maximum absolute atomic E-state index is 11.6. The van der Waals surface area contributed by atoms with Gasteiger partial charge in [-0.1, -0.05) is 56.3 Å². The number of carboxylic acid groups (broad SMARTS) is 1.